The molecule has 5 rings (SSSR count). The number of nitrogens with zero attached hydrogens (tertiary/aromatic N) is 2. The van der Waals surface area contributed by atoms with Crippen LogP contribution >= 0.6 is 0 Å². The summed E-state index contributed by atoms with van der Waals surface area (Å²) in [5.74, 6) is 0. The Kier molecular flexibility index (Phi) is 10.9. The second-order valence-electron chi connectivity index (χ2n) is 11.9. The molecule has 44 heavy (non-hydrogen) atoms. The third-order valence-corrected chi connectivity index (χ3v) is 8.28. The van der Waals surface area contributed by atoms with E-state index in [4.69, 9.17) is 0 Å². The van der Waals surface area contributed by atoms with E-state index in [2.05, 4.69) is 159 Å². The van der Waals surface area contributed by atoms with Crippen LogP contribution in [0, 0.1) is 0 Å². The first kappa shape index (κ1) is 31.1. The molecule has 2 heteroatoms. The molecule has 0 atom stereocenters. The standard InChI is InChI=1S/C42H48N2/c1-5-10-33-16-24-37(25-17-33)43(38-26-18-34(11-6-2)19-27-38)41-14-9-15-42(32-41)44(39-28-20-35(12-7-3)21-29-39)40-30-22-36(13-8-4)23-31-40/h9,14-32H,5-8,10-13H2,1-4H3. The van der Waals surface area contributed by atoms with Crippen molar-refractivity contribution in [2.45, 2.75) is 79.1 Å². The van der Waals surface area contributed by atoms with Crippen LogP contribution in [0.1, 0.15) is 75.6 Å². The Morgan fingerprint density at radius 1 is 0.318 bits per heavy atom. The minimum atomic E-state index is 1.10. The van der Waals surface area contributed by atoms with E-state index >= 15 is 0 Å². The van der Waals surface area contributed by atoms with Gasteiger partial charge in [-0.1, -0.05) is 108 Å². The molecule has 0 heterocycles. The average Bonchev–Trinajstić information content (AvgIpc) is 3.05. The van der Waals surface area contributed by atoms with Crippen LogP contribution in [0.5, 0.6) is 0 Å². The maximum absolute atomic E-state index is 2.39. The molecule has 0 aliphatic heterocycles. The Balaban J connectivity index is 1.60. The summed E-state index contributed by atoms with van der Waals surface area (Å²) in [6.07, 6.45) is 9.01. The van der Waals surface area contributed by atoms with Crippen LogP contribution in [0.15, 0.2) is 121 Å². The molecule has 0 bridgehead atoms. The fourth-order valence-electron chi connectivity index (χ4n) is 6.07. The van der Waals surface area contributed by atoms with E-state index in [0.29, 0.717) is 0 Å². The molecule has 0 aromatic heterocycles. The summed E-state index contributed by atoms with van der Waals surface area (Å²) in [7, 11) is 0. The minimum absolute atomic E-state index is 1.10. The Morgan fingerprint density at radius 3 is 0.795 bits per heavy atom. The quantitative estimate of drug-likeness (QED) is 0.129. The van der Waals surface area contributed by atoms with E-state index in [0.717, 1.165) is 62.7 Å². The number of benzene rings is 5. The van der Waals surface area contributed by atoms with Gasteiger partial charge in [0.2, 0.25) is 0 Å². The van der Waals surface area contributed by atoms with Gasteiger partial charge >= 0.3 is 0 Å². The molecule has 0 aliphatic rings. The SMILES string of the molecule is CCCc1ccc(N(c2ccc(CCC)cc2)c2cccc(N(c3ccc(CCC)cc3)c3ccc(CCC)cc3)c2)cc1. The van der Waals surface area contributed by atoms with Crippen molar-refractivity contribution in [1.29, 1.82) is 0 Å². The van der Waals surface area contributed by atoms with Crippen molar-refractivity contribution in [3.8, 4) is 0 Å². The van der Waals surface area contributed by atoms with Crippen LogP contribution in [-0.2, 0) is 25.7 Å². The normalized spacial score (nSPS) is 11.0. The Labute approximate surface area is 266 Å². The molecule has 0 saturated heterocycles. The predicted octanol–water partition coefficient (Wildman–Crippen LogP) is 12.4. The third-order valence-electron chi connectivity index (χ3n) is 8.28. The summed E-state index contributed by atoms with van der Waals surface area (Å²) >= 11 is 0. The van der Waals surface area contributed by atoms with Crippen molar-refractivity contribution in [2.24, 2.45) is 0 Å². The Morgan fingerprint density at radius 2 is 0.568 bits per heavy atom. The molecule has 0 radical (unpaired) electrons. The van der Waals surface area contributed by atoms with Crippen LogP contribution in [0.25, 0.3) is 0 Å². The van der Waals surface area contributed by atoms with Crippen LogP contribution in [0.3, 0.4) is 0 Å². The summed E-state index contributed by atoms with van der Waals surface area (Å²) in [5, 5.41) is 0. The van der Waals surface area contributed by atoms with Crippen molar-refractivity contribution in [3.05, 3.63) is 144 Å². The predicted molar refractivity (Wildman–Crippen MR) is 192 cm³/mol. The lowest BCUT2D eigenvalue weighted by atomic mass is 10.1. The molecule has 0 aliphatic carbocycles. The molecule has 0 amide bonds. The number of hydrogen-bond acceptors (Lipinski definition) is 2. The van der Waals surface area contributed by atoms with Gasteiger partial charge in [0.25, 0.3) is 0 Å². The maximum Gasteiger partial charge on any atom is 0.0482 e. The zero-order valence-electron chi connectivity index (χ0n) is 27.1. The average molecular weight is 581 g/mol. The monoisotopic (exact) mass is 580 g/mol. The summed E-state index contributed by atoms with van der Waals surface area (Å²) in [6.45, 7) is 8.96. The highest BCUT2D eigenvalue weighted by molar-refractivity contribution is 5.83. The highest BCUT2D eigenvalue weighted by Gasteiger charge is 2.17. The van der Waals surface area contributed by atoms with E-state index < -0.39 is 0 Å². The third kappa shape index (κ3) is 7.61. The molecular formula is C42H48N2. The smallest absolute Gasteiger partial charge is 0.0482 e. The second-order valence-corrected chi connectivity index (χ2v) is 11.9. The Hall–Kier alpha value is -4.30. The summed E-state index contributed by atoms with van der Waals surface area (Å²) in [4.78, 5) is 4.78. The summed E-state index contributed by atoms with van der Waals surface area (Å²) < 4.78 is 0. The fourth-order valence-corrected chi connectivity index (χ4v) is 6.07. The lowest BCUT2D eigenvalue weighted by Crippen LogP contribution is -2.13. The highest BCUT2D eigenvalue weighted by Crippen LogP contribution is 2.40. The van der Waals surface area contributed by atoms with Crippen molar-refractivity contribution >= 4 is 34.1 Å². The second kappa shape index (κ2) is 15.4. The molecule has 5 aromatic carbocycles. The van der Waals surface area contributed by atoms with Gasteiger partial charge in [0, 0.05) is 34.1 Å². The van der Waals surface area contributed by atoms with Crippen molar-refractivity contribution in [3.63, 3.8) is 0 Å². The zero-order valence-corrected chi connectivity index (χ0v) is 27.1. The van der Waals surface area contributed by atoms with E-state index in [1.54, 1.807) is 0 Å². The van der Waals surface area contributed by atoms with Gasteiger partial charge in [-0.15, -0.1) is 0 Å². The number of rotatable bonds is 14. The lowest BCUT2D eigenvalue weighted by Gasteiger charge is -2.29. The first-order valence-electron chi connectivity index (χ1n) is 16.7. The Bertz CT molecular complexity index is 1350. The first-order valence-corrected chi connectivity index (χ1v) is 16.7. The maximum atomic E-state index is 2.39. The summed E-state index contributed by atoms with van der Waals surface area (Å²) in [6, 6.07) is 45.4. The fraction of sp³-hybridized carbons (Fsp3) is 0.286. The lowest BCUT2D eigenvalue weighted by molar-refractivity contribution is 0.921. The van der Waals surface area contributed by atoms with Crippen molar-refractivity contribution in [2.75, 3.05) is 9.80 Å². The van der Waals surface area contributed by atoms with Crippen LogP contribution in [0.2, 0.25) is 0 Å². The molecule has 0 fully saturated rings. The zero-order chi connectivity index (χ0) is 30.7. The molecule has 0 spiro atoms. The van der Waals surface area contributed by atoms with Gasteiger partial charge in [-0.2, -0.15) is 0 Å². The van der Waals surface area contributed by atoms with Gasteiger partial charge < -0.3 is 9.80 Å². The van der Waals surface area contributed by atoms with Gasteiger partial charge in [-0.3, -0.25) is 0 Å². The van der Waals surface area contributed by atoms with E-state index in [1.165, 1.54) is 45.0 Å². The van der Waals surface area contributed by atoms with Gasteiger partial charge in [-0.05, 0) is 115 Å². The van der Waals surface area contributed by atoms with Gasteiger partial charge in [0.1, 0.15) is 0 Å². The summed E-state index contributed by atoms with van der Waals surface area (Å²) in [5.41, 5.74) is 12.5. The molecular weight excluding hydrogens is 532 g/mol. The van der Waals surface area contributed by atoms with Gasteiger partial charge in [0.05, 0.1) is 0 Å². The van der Waals surface area contributed by atoms with Crippen LogP contribution in [0.4, 0.5) is 34.1 Å². The highest BCUT2D eigenvalue weighted by atomic mass is 15.2. The van der Waals surface area contributed by atoms with E-state index in [9.17, 15) is 0 Å². The molecule has 0 saturated carbocycles. The molecule has 0 N–H and O–H groups in total. The van der Waals surface area contributed by atoms with Gasteiger partial charge in [0.15, 0.2) is 0 Å². The molecule has 0 unspecified atom stereocenters. The number of hydrogen-bond donors (Lipinski definition) is 0. The molecule has 5 aromatic rings. The largest absolute Gasteiger partial charge is 0.310 e. The number of anilines is 6. The van der Waals surface area contributed by atoms with Crippen LogP contribution < -0.4 is 9.80 Å². The van der Waals surface area contributed by atoms with Gasteiger partial charge in [-0.25, -0.2) is 0 Å². The first-order chi connectivity index (χ1) is 21.6. The van der Waals surface area contributed by atoms with Crippen molar-refractivity contribution < 1.29 is 0 Å². The van der Waals surface area contributed by atoms with Crippen molar-refractivity contribution in [1.82, 2.24) is 0 Å². The molecule has 226 valence electrons. The van der Waals surface area contributed by atoms with E-state index in [-0.39, 0.29) is 0 Å². The van der Waals surface area contributed by atoms with E-state index in [1.807, 2.05) is 0 Å². The topological polar surface area (TPSA) is 6.48 Å². The minimum Gasteiger partial charge on any atom is -0.310 e. The molecule has 2 nitrogen and oxygen atoms in total. The number of aryl methyl sites for hydroxylation is 4. The van der Waals surface area contributed by atoms with Crippen LogP contribution in [-0.4, -0.2) is 0 Å².